The Labute approximate surface area is 109 Å². The van der Waals surface area contributed by atoms with Gasteiger partial charge in [-0.05, 0) is 0 Å². The summed E-state index contributed by atoms with van der Waals surface area (Å²) in [5, 5.41) is 0. The van der Waals surface area contributed by atoms with Gasteiger partial charge in [-0.1, -0.05) is 0 Å². The van der Waals surface area contributed by atoms with Gasteiger partial charge in [0.1, 0.15) is 0 Å². The summed E-state index contributed by atoms with van der Waals surface area (Å²) in [4.78, 5) is 0. The van der Waals surface area contributed by atoms with Crippen LogP contribution in [0, 0.1) is 0 Å². The van der Waals surface area contributed by atoms with E-state index in [1.54, 1.807) is 33.6 Å². The Hall–Kier alpha value is 0.943. The molecule has 1 rings (SSSR count). The molecule has 0 unspecified atom stereocenters. The van der Waals surface area contributed by atoms with E-state index in [-0.39, 0.29) is 24.8 Å². The number of allylic oxidation sites excluding steroid dienone is 4. The van der Waals surface area contributed by atoms with Crippen molar-refractivity contribution in [3.05, 3.63) is 20.5 Å². The second kappa shape index (κ2) is 8.27. The molecular formula is C10H15Cl2Zr. The molecule has 0 radical (unpaired) electrons. The smallest absolute Gasteiger partial charge is 1.00 e. The van der Waals surface area contributed by atoms with Crippen LogP contribution in [0.5, 0.6) is 0 Å². The van der Waals surface area contributed by atoms with Crippen molar-refractivity contribution < 1.29 is 49.5 Å². The molecule has 0 heterocycles. The predicted molar refractivity (Wildman–Crippen MR) is 44.9 cm³/mol. The fraction of sp³-hybridized carbons (Fsp3) is 0.600. The summed E-state index contributed by atoms with van der Waals surface area (Å²) < 4.78 is 1.66. The van der Waals surface area contributed by atoms with Gasteiger partial charge in [-0.25, -0.2) is 0 Å². The van der Waals surface area contributed by atoms with Gasteiger partial charge >= 0.3 is 84.8 Å². The first-order valence-corrected chi connectivity index (χ1v) is 5.57. The largest absolute Gasteiger partial charge is 1.00 e. The summed E-state index contributed by atoms with van der Waals surface area (Å²) in [6.07, 6.45) is 7.68. The van der Waals surface area contributed by atoms with E-state index >= 15 is 0 Å². The summed E-state index contributed by atoms with van der Waals surface area (Å²) in [5.74, 6) is 0. The van der Waals surface area contributed by atoms with Gasteiger partial charge in [0.25, 0.3) is 0 Å². The Morgan fingerprint density at radius 1 is 1.38 bits per heavy atom. The van der Waals surface area contributed by atoms with Gasteiger partial charge in [-0.3, -0.25) is 0 Å². The molecule has 0 aliphatic heterocycles. The SMILES string of the molecule is CCCCC1=CC(C)=[C]([Zr+2])C1.[Cl-].[Cl-]. The molecule has 0 aromatic carbocycles. The minimum atomic E-state index is 0. The molecule has 0 N–H and O–H groups in total. The van der Waals surface area contributed by atoms with Crippen LogP contribution in [-0.4, -0.2) is 0 Å². The van der Waals surface area contributed by atoms with E-state index in [2.05, 4.69) is 19.9 Å². The summed E-state index contributed by atoms with van der Waals surface area (Å²) in [5.41, 5.74) is 3.20. The van der Waals surface area contributed by atoms with E-state index in [0.29, 0.717) is 0 Å². The van der Waals surface area contributed by atoms with Gasteiger partial charge < -0.3 is 24.8 Å². The molecule has 13 heavy (non-hydrogen) atoms. The van der Waals surface area contributed by atoms with Gasteiger partial charge in [0.2, 0.25) is 0 Å². The molecule has 0 saturated heterocycles. The van der Waals surface area contributed by atoms with Gasteiger partial charge in [0.15, 0.2) is 0 Å². The van der Waals surface area contributed by atoms with Crippen molar-refractivity contribution in [2.75, 3.05) is 0 Å². The van der Waals surface area contributed by atoms with Crippen molar-refractivity contribution in [3.63, 3.8) is 0 Å². The third kappa shape index (κ3) is 5.40. The van der Waals surface area contributed by atoms with Gasteiger partial charge in [-0.2, -0.15) is 0 Å². The first kappa shape index (κ1) is 16.4. The number of hydrogen-bond donors (Lipinski definition) is 0. The quantitative estimate of drug-likeness (QED) is 0.533. The van der Waals surface area contributed by atoms with Crippen LogP contribution in [0.1, 0.15) is 39.5 Å². The van der Waals surface area contributed by atoms with E-state index in [4.69, 9.17) is 0 Å². The number of unbranched alkanes of at least 4 members (excludes halogenated alkanes) is 1. The van der Waals surface area contributed by atoms with E-state index in [1.807, 2.05) is 0 Å². The maximum absolute atomic E-state index is 2.39. The number of rotatable bonds is 3. The third-order valence-corrected chi connectivity index (χ3v) is 3.56. The molecule has 1 aliphatic rings. The van der Waals surface area contributed by atoms with E-state index < -0.39 is 0 Å². The first-order valence-electron chi connectivity index (χ1n) is 4.35. The zero-order chi connectivity index (χ0) is 8.27. The molecule has 0 saturated carbocycles. The van der Waals surface area contributed by atoms with Crippen molar-refractivity contribution in [1.82, 2.24) is 0 Å². The van der Waals surface area contributed by atoms with Crippen LogP contribution in [0.4, 0.5) is 0 Å². The minimum absolute atomic E-state index is 0. The van der Waals surface area contributed by atoms with E-state index in [0.717, 1.165) is 0 Å². The van der Waals surface area contributed by atoms with Gasteiger partial charge in [0.05, 0.1) is 0 Å². The first-order chi connectivity index (χ1) is 5.24. The fourth-order valence-corrected chi connectivity index (χ4v) is 2.11. The van der Waals surface area contributed by atoms with Crippen LogP contribution >= 0.6 is 0 Å². The minimum Gasteiger partial charge on any atom is -1.00 e. The molecule has 0 nitrogen and oxygen atoms in total. The summed E-state index contributed by atoms with van der Waals surface area (Å²) in [6, 6.07) is 0. The van der Waals surface area contributed by atoms with E-state index in [1.165, 1.54) is 31.3 Å². The summed E-state index contributed by atoms with van der Waals surface area (Å²) in [6.45, 7) is 4.50. The summed E-state index contributed by atoms with van der Waals surface area (Å²) >= 11 is 1.61. The molecule has 0 fully saturated rings. The molecule has 73 valence electrons. The van der Waals surface area contributed by atoms with Crippen molar-refractivity contribution in [2.24, 2.45) is 0 Å². The molecular weight excluding hydrogens is 282 g/mol. The predicted octanol–water partition coefficient (Wildman–Crippen LogP) is -2.66. The molecule has 0 aromatic rings. The van der Waals surface area contributed by atoms with Crippen molar-refractivity contribution >= 4 is 0 Å². The average Bonchev–Trinajstić information content (AvgIpc) is 2.28. The van der Waals surface area contributed by atoms with Crippen LogP contribution in [0.2, 0.25) is 0 Å². The van der Waals surface area contributed by atoms with Crippen molar-refractivity contribution in [2.45, 2.75) is 39.5 Å². The fourth-order valence-electron chi connectivity index (χ4n) is 1.38. The zero-order valence-electron chi connectivity index (χ0n) is 8.16. The number of halogens is 2. The zero-order valence-corrected chi connectivity index (χ0v) is 12.1. The second-order valence-electron chi connectivity index (χ2n) is 3.24. The second-order valence-corrected chi connectivity index (χ2v) is 4.73. The van der Waals surface area contributed by atoms with Crippen LogP contribution in [0.3, 0.4) is 0 Å². The molecule has 3 heteroatoms. The Bertz CT molecular complexity index is 207. The maximum atomic E-state index is 2.39. The molecule has 0 atom stereocenters. The van der Waals surface area contributed by atoms with Gasteiger partial charge in [0, 0.05) is 0 Å². The Morgan fingerprint density at radius 2 is 2.00 bits per heavy atom. The van der Waals surface area contributed by atoms with Crippen LogP contribution < -0.4 is 24.8 Å². The Kier molecular flexibility index (Phi) is 10.4. The van der Waals surface area contributed by atoms with Gasteiger partial charge in [-0.15, -0.1) is 0 Å². The normalized spacial score (nSPS) is 14.9. The maximum Gasteiger partial charge on any atom is -1.00 e. The van der Waals surface area contributed by atoms with Crippen LogP contribution in [0.25, 0.3) is 0 Å². The molecule has 0 bridgehead atoms. The Balaban J connectivity index is 0. The molecule has 0 spiro atoms. The van der Waals surface area contributed by atoms with Crippen LogP contribution in [-0.2, 0) is 24.7 Å². The summed E-state index contributed by atoms with van der Waals surface area (Å²) in [7, 11) is 0. The molecule has 1 aliphatic carbocycles. The third-order valence-electron chi connectivity index (χ3n) is 2.15. The van der Waals surface area contributed by atoms with Crippen molar-refractivity contribution in [3.8, 4) is 0 Å². The topological polar surface area (TPSA) is 0 Å². The monoisotopic (exact) mass is 295 g/mol. The van der Waals surface area contributed by atoms with E-state index in [9.17, 15) is 0 Å². The number of hydrogen-bond acceptors (Lipinski definition) is 0. The Morgan fingerprint density at radius 3 is 2.38 bits per heavy atom. The molecule has 0 aromatic heterocycles. The molecule has 0 amide bonds. The standard InChI is InChI=1S/C10H15.2ClH.Zr/c1-3-4-5-10-7-6-9(2)8-10;;;/h8H,3-5,7H2,1-2H3;2*1H;/q;;;+2/p-2. The van der Waals surface area contributed by atoms with Crippen molar-refractivity contribution in [1.29, 1.82) is 0 Å². The van der Waals surface area contributed by atoms with Crippen LogP contribution in [0.15, 0.2) is 20.5 Å². The average molecular weight is 297 g/mol.